The summed E-state index contributed by atoms with van der Waals surface area (Å²) < 4.78 is 5.51. The van der Waals surface area contributed by atoms with E-state index in [1.165, 1.54) is 0 Å². The van der Waals surface area contributed by atoms with E-state index in [4.69, 9.17) is 4.42 Å². The fourth-order valence-electron chi connectivity index (χ4n) is 2.07. The molecule has 0 saturated heterocycles. The summed E-state index contributed by atoms with van der Waals surface area (Å²) in [7, 11) is 0. The molecule has 0 atom stereocenters. The first-order valence-corrected chi connectivity index (χ1v) is 8.63. The van der Waals surface area contributed by atoms with Crippen LogP contribution >= 0.6 is 35.3 Å². The Balaban J connectivity index is 0.00000225. The lowest BCUT2D eigenvalue weighted by Crippen LogP contribution is -2.37. The van der Waals surface area contributed by atoms with Gasteiger partial charge in [0.1, 0.15) is 12.0 Å². The SMILES string of the molecule is CCNC(=NCc1coc(-c2cccs2)n1)NCc1ccccn1.I. The maximum absolute atomic E-state index is 5.51. The number of halogens is 1. The lowest BCUT2D eigenvalue weighted by atomic mass is 10.3. The summed E-state index contributed by atoms with van der Waals surface area (Å²) in [5, 5.41) is 8.48. The number of hydrogen-bond acceptors (Lipinski definition) is 5. The molecule has 2 N–H and O–H groups in total. The predicted molar refractivity (Wildman–Crippen MR) is 111 cm³/mol. The summed E-state index contributed by atoms with van der Waals surface area (Å²) in [4.78, 5) is 14.3. The van der Waals surface area contributed by atoms with E-state index < -0.39 is 0 Å². The van der Waals surface area contributed by atoms with Gasteiger partial charge in [-0.2, -0.15) is 0 Å². The molecule has 0 unspecified atom stereocenters. The second-order valence-corrected chi connectivity index (χ2v) is 5.94. The Labute approximate surface area is 167 Å². The van der Waals surface area contributed by atoms with Gasteiger partial charge in [0.05, 0.1) is 23.7 Å². The van der Waals surface area contributed by atoms with Gasteiger partial charge in [0.15, 0.2) is 5.96 Å². The number of aliphatic imine (C=N–C) groups is 1. The third-order valence-electron chi connectivity index (χ3n) is 3.19. The number of aromatic nitrogens is 2. The molecule has 3 aromatic rings. The van der Waals surface area contributed by atoms with E-state index in [1.54, 1.807) is 23.8 Å². The zero-order valence-corrected chi connectivity index (χ0v) is 17.0. The number of rotatable bonds is 6. The molecule has 0 aromatic carbocycles. The van der Waals surface area contributed by atoms with E-state index in [9.17, 15) is 0 Å². The number of pyridine rings is 1. The first-order chi connectivity index (χ1) is 11.8. The molecule has 25 heavy (non-hydrogen) atoms. The molecule has 0 bridgehead atoms. The van der Waals surface area contributed by atoms with Crippen molar-refractivity contribution >= 4 is 41.3 Å². The van der Waals surface area contributed by atoms with Gasteiger partial charge in [-0.05, 0) is 30.5 Å². The topological polar surface area (TPSA) is 75.3 Å². The van der Waals surface area contributed by atoms with Crippen molar-refractivity contribution in [2.45, 2.75) is 20.0 Å². The lowest BCUT2D eigenvalue weighted by Gasteiger charge is -2.10. The Bertz CT molecular complexity index is 773. The molecule has 0 spiro atoms. The first-order valence-electron chi connectivity index (χ1n) is 7.75. The largest absolute Gasteiger partial charge is 0.443 e. The third kappa shape index (κ3) is 5.82. The highest BCUT2D eigenvalue weighted by Gasteiger charge is 2.07. The van der Waals surface area contributed by atoms with Gasteiger partial charge < -0.3 is 15.1 Å². The van der Waals surface area contributed by atoms with Crippen molar-refractivity contribution in [1.29, 1.82) is 0 Å². The number of nitrogens with zero attached hydrogens (tertiary/aromatic N) is 3. The summed E-state index contributed by atoms with van der Waals surface area (Å²) in [5.74, 6) is 1.37. The zero-order valence-electron chi connectivity index (χ0n) is 13.8. The molecule has 8 heteroatoms. The monoisotopic (exact) mass is 469 g/mol. The molecular formula is C17H20IN5OS. The van der Waals surface area contributed by atoms with E-state index in [0.29, 0.717) is 19.0 Å². The van der Waals surface area contributed by atoms with Crippen molar-refractivity contribution in [3.8, 4) is 10.8 Å². The molecule has 0 radical (unpaired) electrons. The van der Waals surface area contributed by atoms with Gasteiger partial charge >= 0.3 is 0 Å². The molecule has 132 valence electrons. The Hall–Kier alpha value is -1.94. The summed E-state index contributed by atoms with van der Waals surface area (Å²) in [6.07, 6.45) is 3.43. The fraction of sp³-hybridized carbons (Fsp3) is 0.235. The maximum Gasteiger partial charge on any atom is 0.236 e. The number of hydrogen-bond donors (Lipinski definition) is 2. The van der Waals surface area contributed by atoms with Crippen molar-refractivity contribution in [3.63, 3.8) is 0 Å². The van der Waals surface area contributed by atoms with Crippen LogP contribution in [0.1, 0.15) is 18.3 Å². The van der Waals surface area contributed by atoms with E-state index in [-0.39, 0.29) is 24.0 Å². The van der Waals surface area contributed by atoms with Crippen molar-refractivity contribution in [3.05, 3.63) is 59.6 Å². The van der Waals surface area contributed by atoms with E-state index >= 15 is 0 Å². The van der Waals surface area contributed by atoms with E-state index in [0.717, 1.165) is 28.8 Å². The molecule has 3 aromatic heterocycles. The van der Waals surface area contributed by atoms with Gasteiger partial charge in [-0.15, -0.1) is 35.3 Å². The van der Waals surface area contributed by atoms with Crippen molar-refractivity contribution in [2.75, 3.05) is 6.54 Å². The van der Waals surface area contributed by atoms with Crippen LogP contribution < -0.4 is 10.6 Å². The molecule has 0 aliphatic carbocycles. The Morgan fingerprint density at radius 3 is 2.84 bits per heavy atom. The van der Waals surface area contributed by atoms with Gasteiger partial charge in [0.2, 0.25) is 5.89 Å². The van der Waals surface area contributed by atoms with Gasteiger partial charge in [0.25, 0.3) is 0 Å². The quantitative estimate of drug-likeness (QED) is 0.328. The van der Waals surface area contributed by atoms with Crippen molar-refractivity contribution in [1.82, 2.24) is 20.6 Å². The van der Waals surface area contributed by atoms with Gasteiger partial charge in [0, 0.05) is 12.7 Å². The minimum absolute atomic E-state index is 0. The number of guanidine groups is 1. The Morgan fingerprint density at radius 1 is 1.20 bits per heavy atom. The van der Waals surface area contributed by atoms with Crippen LogP contribution in [0.2, 0.25) is 0 Å². The molecule has 6 nitrogen and oxygen atoms in total. The molecule has 0 aliphatic heterocycles. The number of oxazole rings is 1. The molecule has 3 heterocycles. The summed E-state index contributed by atoms with van der Waals surface area (Å²) in [5.41, 5.74) is 1.76. The second-order valence-electron chi connectivity index (χ2n) is 4.99. The van der Waals surface area contributed by atoms with Crippen LogP contribution in [0.3, 0.4) is 0 Å². The zero-order chi connectivity index (χ0) is 16.6. The summed E-state index contributed by atoms with van der Waals surface area (Å²) in [6.45, 7) is 3.88. The minimum Gasteiger partial charge on any atom is -0.443 e. The third-order valence-corrected chi connectivity index (χ3v) is 4.05. The second kappa shape index (κ2) is 10.1. The van der Waals surface area contributed by atoms with E-state index in [1.807, 2.05) is 42.6 Å². The highest BCUT2D eigenvalue weighted by molar-refractivity contribution is 14.0. The highest BCUT2D eigenvalue weighted by atomic mass is 127. The van der Waals surface area contributed by atoms with E-state index in [2.05, 4.69) is 25.6 Å². The average molecular weight is 469 g/mol. The van der Waals surface area contributed by atoms with Crippen LogP contribution in [-0.2, 0) is 13.1 Å². The molecule has 0 amide bonds. The van der Waals surface area contributed by atoms with Crippen molar-refractivity contribution in [2.24, 2.45) is 4.99 Å². The van der Waals surface area contributed by atoms with Crippen LogP contribution in [0.4, 0.5) is 0 Å². The van der Waals surface area contributed by atoms with Crippen LogP contribution in [0.15, 0.2) is 57.6 Å². The summed E-state index contributed by atoms with van der Waals surface area (Å²) >= 11 is 1.60. The van der Waals surface area contributed by atoms with Crippen LogP contribution in [0.25, 0.3) is 10.8 Å². The Morgan fingerprint density at radius 2 is 2.12 bits per heavy atom. The van der Waals surface area contributed by atoms with Gasteiger partial charge in [-0.1, -0.05) is 12.1 Å². The fourth-order valence-corrected chi connectivity index (χ4v) is 2.73. The standard InChI is InChI=1S/C17H19N5OS.HI/c1-2-18-17(20-10-13-6-3-4-8-19-13)21-11-14-12-23-16(22-14)15-7-5-9-24-15;/h3-9,12H,2,10-11H2,1H3,(H2,18,20,21);1H. The molecule has 0 saturated carbocycles. The maximum atomic E-state index is 5.51. The molecule has 0 aliphatic rings. The molecule has 0 fully saturated rings. The molecular weight excluding hydrogens is 449 g/mol. The minimum atomic E-state index is 0. The lowest BCUT2D eigenvalue weighted by molar-refractivity contribution is 0.574. The van der Waals surface area contributed by atoms with Crippen LogP contribution in [0.5, 0.6) is 0 Å². The highest BCUT2D eigenvalue weighted by Crippen LogP contribution is 2.23. The normalized spacial score (nSPS) is 11.0. The molecule has 3 rings (SSSR count). The number of thiophene rings is 1. The Kier molecular flexibility index (Phi) is 7.86. The summed E-state index contributed by atoms with van der Waals surface area (Å²) in [6, 6.07) is 9.81. The average Bonchev–Trinajstić information content (AvgIpc) is 3.29. The number of nitrogens with one attached hydrogen (secondary N) is 2. The van der Waals surface area contributed by atoms with Crippen molar-refractivity contribution < 1.29 is 4.42 Å². The van der Waals surface area contributed by atoms with Gasteiger partial charge in [-0.3, -0.25) is 4.98 Å². The van der Waals surface area contributed by atoms with Crippen LogP contribution in [-0.4, -0.2) is 22.5 Å². The smallest absolute Gasteiger partial charge is 0.236 e. The van der Waals surface area contributed by atoms with Gasteiger partial charge in [-0.25, -0.2) is 9.98 Å². The predicted octanol–water partition coefficient (Wildman–Crippen LogP) is 3.67. The van der Waals surface area contributed by atoms with Crippen LogP contribution in [0, 0.1) is 0 Å². The first kappa shape index (κ1) is 19.4.